The fourth-order valence-electron chi connectivity index (χ4n) is 2.65. The fraction of sp³-hybridized carbons (Fsp3) is 0.917. The second-order valence-corrected chi connectivity index (χ2v) is 7.00. The van der Waals surface area contributed by atoms with Crippen LogP contribution in [-0.2, 0) is 38.0 Å². The minimum absolute atomic E-state index is 0.304. The van der Waals surface area contributed by atoms with Crippen LogP contribution < -0.4 is 0 Å². The lowest BCUT2D eigenvalue weighted by molar-refractivity contribution is -0.172. The average molecular weight is 338 g/mol. The van der Waals surface area contributed by atoms with E-state index < -0.39 is 46.0 Å². The van der Waals surface area contributed by atoms with Gasteiger partial charge in [0.05, 0.1) is 18.4 Å². The summed E-state index contributed by atoms with van der Waals surface area (Å²) in [6.45, 7) is 2.69. The number of methoxy groups -OCH3 is 2. The van der Waals surface area contributed by atoms with Gasteiger partial charge in [-0.2, -0.15) is 8.42 Å². The van der Waals surface area contributed by atoms with E-state index in [4.69, 9.17) is 23.1 Å². The number of hydrogen-bond acceptors (Lipinski definition) is 8. The van der Waals surface area contributed by atoms with Crippen LogP contribution in [0.4, 0.5) is 0 Å². The van der Waals surface area contributed by atoms with Gasteiger partial charge in [-0.25, -0.2) is 0 Å². The van der Waals surface area contributed by atoms with Crippen molar-refractivity contribution in [2.75, 3.05) is 27.1 Å². The van der Waals surface area contributed by atoms with Crippen LogP contribution >= 0.6 is 0 Å². The Labute approximate surface area is 131 Å². The van der Waals surface area contributed by atoms with E-state index >= 15 is 0 Å². The maximum absolute atomic E-state index is 11.3. The highest BCUT2D eigenvalue weighted by Gasteiger charge is 2.59. The first-order valence-electron chi connectivity index (χ1n) is 6.82. The molecule has 128 valence electrons. The number of rotatable bonds is 7. The molecular formula is C12H23BO8S. The molecule has 22 heavy (non-hydrogen) atoms. The molecule has 1 saturated heterocycles. The molecule has 1 aliphatic heterocycles. The second-order valence-electron chi connectivity index (χ2n) is 5.35. The summed E-state index contributed by atoms with van der Waals surface area (Å²) >= 11 is 0. The van der Waals surface area contributed by atoms with Gasteiger partial charge >= 0.3 is 5.97 Å². The van der Waals surface area contributed by atoms with Crippen molar-refractivity contribution in [3.8, 4) is 0 Å². The third-order valence-electron chi connectivity index (χ3n) is 3.74. The van der Waals surface area contributed by atoms with Crippen LogP contribution in [0, 0.1) is 0 Å². The van der Waals surface area contributed by atoms with Crippen molar-refractivity contribution in [1.29, 1.82) is 0 Å². The molecule has 0 bridgehead atoms. The summed E-state index contributed by atoms with van der Waals surface area (Å²) in [4.78, 5) is 11.3. The monoisotopic (exact) mass is 338 g/mol. The molecule has 0 aromatic rings. The smallest absolute Gasteiger partial charge is 0.303 e. The zero-order valence-corrected chi connectivity index (χ0v) is 14.5. The standard InChI is InChI=1S/C12H23BO8S/c1-7(17-3)12(6-19-22(5,15)16)10(18-4)9(11(13)21-12)20-8(2)14/h7,9-11H,6,13H2,1-5H3/t7-,9+,10-,11+,12+/m0/s1. The van der Waals surface area contributed by atoms with Gasteiger partial charge in [0, 0.05) is 21.1 Å². The second kappa shape index (κ2) is 7.26. The first kappa shape index (κ1) is 19.4. The number of esters is 1. The van der Waals surface area contributed by atoms with Gasteiger partial charge in [-0.1, -0.05) is 0 Å². The van der Waals surface area contributed by atoms with Gasteiger partial charge in [0.15, 0.2) is 0 Å². The van der Waals surface area contributed by atoms with Crippen molar-refractivity contribution < 1.29 is 36.3 Å². The van der Waals surface area contributed by atoms with Crippen molar-refractivity contribution in [2.24, 2.45) is 0 Å². The molecule has 0 N–H and O–H groups in total. The first-order valence-corrected chi connectivity index (χ1v) is 8.64. The third-order valence-corrected chi connectivity index (χ3v) is 4.29. The maximum atomic E-state index is 11.3. The lowest BCUT2D eigenvalue weighted by Crippen LogP contribution is -2.56. The molecule has 0 amide bonds. The largest absolute Gasteiger partial charge is 0.458 e. The summed E-state index contributed by atoms with van der Waals surface area (Å²) in [6.07, 6.45) is -1.03. The Hall–Kier alpha value is -0.675. The van der Waals surface area contributed by atoms with E-state index in [1.54, 1.807) is 14.8 Å². The quantitative estimate of drug-likeness (QED) is 0.320. The van der Waals surface area contributed by atoms with E-state index in [1.807, 2.05) is 0 Å². The molecule has 1 fully saturated rings. The maximum Gasteiger partial charge on any atom is 0.303 e. The van der Waals surface area contributed by atoms with Crippen LogP contribution in [0.2, 0.25) is 0 Å². The number of carbonyl (C=O) groups is 1. The van der Waals surface area contributed by atoms with Gasteiger partial charge in [-0.15, -0.1) is 0 Å². The fourth-order valence-corrected chi connectivity index (χ4v) is 3.04. The molecule has 0 radical (unpaired) electrons. The SMILES string of the molecule is B[C@@H]1O[C@](COS(C)(=O)=O)([C@H](C)OC)[C@@H](OC)[C@H]1OC(C)=O. The Bertz CT molecular complexity index is 495. The Morgan fingerprint density at radius 3 is 2.41 bits per heavy atom. The van der Waals surface area contributed by atoms with Crippen molar-refractivity contribution in [2.45, 2.75) is 43.8 Å². The average Bonchev–Trinajstić information content (AvgIpc) is 2.67. The molecule has 0 aromatic heterocycles. The zero-order valence-electron chi connectivity index (χ0n) is 13.7. The van der Waals surface area contributed by atoms with Crippen molar-refractivity contribution in [3.05, 3.63) is 0 Å². The Morgan fingerprint density at radius 1 is 1.41 bits per heavy atom. The molecule has 1 aliphatic rings. The molecule has 8 nitrogen and oxygen atoms in total. The van der Waals surface area contributed by atoms with E-state index in [1.165, 1.54) is 21.1 Å². The molecule has 0 saturated carbocycles. The highest BCUT2D eigenvalue weighted by Crippen LogP contribution is 2.38. The summed E-state index contributed by atoms with van der Waals surface area (Å²) < 4.78 is 49.5. The zero-order chi connectivity index (χ0) is 17.1. The van der Waals surface area contributed by atoms with Crippen LogP contribution in [0.5, 0.6) is 0 Å². The number of hydrogen-bond donors (Lipinski definition) is 0. The van der Waals surface area contributed by atoms with E-state index in [0.29, 0.717) is 0 Å². The summed E-state index contributed by atoms with van der Waals surface area (Å²) in [5.74, 6) is -0.479. The lowest BCUT2D eigenvalue weighted by Gasteiger charge is -2.37. The third kappa shape index (κ3) is 4.20. The first-order chi connectivity index (χ1) is 10.1. The summed E-state index contributed by atoms with van der Waals surface area (Å²) in [7, 11) is 0.928. The van der Waals surface area contributed by atoms with Gasteiger partial charge in [0.2, 0.25) is 0 Å². The molecule has 0 spiro atoms. The van der Waals surface area contributed by atoms with Gasteiger partial charge in [-0.05, 0) is 6.92 Å². The Kier molecular flexibility index (Phi) is 6.40. The van der Waals surface area contributed by atoms with Crippen molar-refractivity contribution in [3.63, 3.8) is 0 Å². The Morgan fingerprint density at radius 2 is 2.00 bits per heavy atom. The van der Waals surface area contributed by atoms with Crippen LogP contribution in [0.15, 0.2) is 0 Å². The molecule has 1 rings (SSSR count). The summed E-state index contributed by atoms with van der Waals surface area (Å²) in [5, 5.41) is 0. The summed E-state index contributed by atoms with van der Waals surface area (Å²) in [6, 6.07) is -0.505. The molecule has 0 unspecified atom stereocenters. The van der Waals surface area contributed by atoms with Gasteiger partial charge in [-0.3, -0.25) is 8.98 Å². The highest BCUT2D eigenvalue weighted by atomic mass is 32.2. The van der Waals surface area contributed by atoms with E-state index in [2.05, 4.69) is 0 Å². The van der Waals surface area contributed by atoms with E-state index in [9.17, 15) is 13.2 Å². The predicted octanol–water partition coefficient (Wildman–Crippen LogP) is -1.33. The van der Waals surface area contributed by atoms with E-state index in [-0.39, 0.29) is 6.61 Å². The normalized spacial score (nSPS) is 33.6. The van der Waals surface area contributed by atoms with Gasteiger partial charge < -0.3 is 18.9 Å². The van der Waals surface area contributed by atoms with Gasteiger partial charge in [0.1, 0.15) is 32.3 Å². The number of carbonyl (C=O) groups excluding carboxylic acids is 1. The topological polar surface area (TPSA) is 97.4 Å². The molecule has 0 aliphatic carbocycles. The van der Waals surface area contributed by atoms with Crippen LogP contribution in [0.1, 0.15) is 13.8 Å². The molecule has 5 atom stereocenters. The molecular weight excluding hydrogens is 315 g/mol. The number of ether oxygens (including phenoxy) is 4. The van der Waals surface area contributed by atoms with Crippen LogP contribution in [0.3, 0.4) is 0 Å². The Balaban J connectivity index is 3.15. The molecule has 1 heterocycles. The molecule has 0 aromatic carbocycles. The van der Waals surface area contributed by atoms with E-state index in [0.717, 1.165) is 6.26 Å². The molecule has 10 heteroatoms. The highest BCUT2D eigenvalue weighted by molar-refractivity contribution is 7.85. The minimum atomic E-state index is -3.68. The van der Waals surface area contributed by atoms with Gasteiger partial charge in [0.25, 0.3) is 10.1 Å². The van der Waals surface area contributed by atoms with Crippen LogP contribution in [0.25, 0.3) is 0 Å². The minimum Gasteiger partial charge on any atom is -0.458 e. The summed E-state index contributed by atoms with van der Waals surface area (Å²) in [5.41, 5.74) is -1.22. The van der Waals surface area contributed by atoms with Crippen molar-refractivity contribution >= 4 is 23.9 Å². The van der Waals surface area contributed by atoms with Crippen LogP contribution in [-0.4, -0.2) is 79.2 Å². The predicted molar refractivity (Wildman–Crippen MR) is 79.8 cm³/mol. The lowest BCUT2D eigenvalue weighted by atomic mass is 9.86. The van der Waals surface area contributed by atoms with Crippen molar-refractivity contribution in [1.82, 2.24) is 0 Å².